The summed E-state index contributed by atoms with van der Waals surface area (Å²) in [6.07, 6.45) is 13.1. The normalized spacial score (nSPS) is 31.1. The van der Waals surface area contributed by atoms with Gasteiger partial charge in [-0.15, -0.1) is 0 Å². The van der Waals surface area contributed by atoms with Crippen molar-refractivity contribution >= 4 is 18.4 Å². The number of aromatic nitrogens is 2. The Labute approximate surface area is 136 Å². The zero-order valence-corrected chi connectivity index (χ0v) is 14.4. The number of rotatable bonds is 2. The molecule has 4 heteroatoms. The molecular weight excluding hydrogens is 286 g/mol. The van der Waals surface area contributed by atoms with Crippen LogP contribution in [-0.4, -0.2) is 15.3 Å². The Morgan fingerprint density at radius 2 is 2.09 bits per heavy atom. The van der Waals surface area contributed by atoms with E-state index in [0.29, 0.717) is 11.8 Å². The van der Waals surface area contributed by atoms with Gasteiger partial charge >= 0.3 is 5.69 Å². The zero-order chi connectivity index (χ0) is 16.4. The molecule has 1 aromatic rings. The highest BCUT2D eigenvalue weighted by Gasteiger charge is 2.56. The van der Waals surface area contributed by atoms with Crippen LogP contribution in [0.5, 0.6) is 0 Å². The number of aliphatic imine (C=N–C) groups is 1. The zero-order valence-electron chi connectivity index (χ0n) is 14.4. The van der Waals surface area contributed by atoms with E-state index in [1.165, 1.54) is 6.42 Å². The maximum absolute atomic E-state index is 12.7. The highest BCUT2D eigenvalue weighted by Crippen LogP contribution is 2.62. The van der Waals surface area contributed by atoms with Gasteiger partial charge in [0, 0.05) is 31.4 Å². The molecule has 1 aliphatic heterocycles. The molecule has 0 spiro atoms. The minimum Gasteiger partial charge on any atom is -0.295 e. The van der Waals surface area contributed by atoms with Gasteiger partial charge in [-0.1, -0.05) is 39.0 Å². The Bertz CT molecular complexity index is 891. The van der Waals surface area contributed by atoms with Crippen LogP contribution in [0.25, 0.3) is 12.2 Å². The maximum atomic E-state index is 12.7. The number of nitrogens with zero attached hydrogens (tertiary/aromatic N) is 3. The third-order valence-electron chi connectivity index (χ3n) is 5.49. The fourth-order valence-corrected chi connectivity index (χ4v) is 4.22. The van der Waals surface area contributed by atoms with Gasteiger partial charge in [0.1, 0.15) is 0 Å². The molecule has 0 saturated heterocycles. The molecule has 122 valence electrons. The highest BCUT2D eigenvalue weighted by atomic mass is 16.1. The first-order chi connectivity index (χ1) is 10.8. The Hall–Kier alpha value is -1.84. The van der Waals surface area contributed by atoms with E-state index < -0.39 is 0 Å². The lowest BCUT2D eigenvalue weighted by Crippen LogP contribution is -2.39. The number of hydrogen-bond donors (Lipinski definition) is 0. The van der Waals surface area contributed by atoms with Crippen molar-refractivity contribution in [3.8, 4) is 0 Å². The topological polar surface area (TPSA) is 39.3 Å². The number of allylic oxidation sites excluding steroid dienone is 1. The first-order valence-corrected chi connectivity index (χ1v) is 8.50. The van der Waals surface area contributed by atoms with E-state index >= 15 is 0 Å². The summed E-state index contributed by atoms with van der Waals surface area (Å²) in [6.45, 7) is 7.30. The van der Waals surface area contributed by atoms with Crippen molar-refractivity contribution in [1.82, 2.24) is 9.13 Å². The van der Waals surface area contributed by atoms with E-state index in [-0.39, 0.29) is 16.5 Å². The van der Waals surface area contributed by atoms with Crippen molar-refractivity contribution in [1.29, 1.82) is 0 Å². The smallest absolute Gasteiger partial charge is 0.295 e. The molecule has 3 aliphatic rings. The highest BCUT2D eigenvalue weighted by molar-refractivity contribution is 5.63. The maximum Gasteiger partial charge on any atom is 0.328 e. The predicted octanol–water partition coefficient (Wildman–Crippen LogP) is 1.42. The molecule has 3 unspecified atom stereocenters. The number of fused-ring (bicyclic) bond motifs is 2. The van der Waals surface area contributed by atoms with Crippen LogP contribution >= 0.6 is 0 Å². The van der Waals surface area contributed by atoms with Gasteiger partial charge in [0.05, 0.1) is 10.7 Å². The molecule has 0 radical (unpaired) electrons. The van der Waals surface area contributed by atoms with Gasteiger partial charge in [-0.3, -0.25) is 14.1 Å². The molecule has 23 heavy (non-hydrogen) atoms. The van der Waals surface area contributed by atoms with E-state index in [1.54, 1.807) is 0 Å². The average Bonchev–Trinajstić information content (AvgIpc) is 3.20. The lowest BCUT2D eigenvalue weighted by Gasteiger charge is -2.24. The Balaban J connectivity index is 1.84. The summed E-state index contributed by atoms with van der Waals surface area (Å²) in [6, 6.07) is 0. The molecule has 1 aromatic heterocycles. The van der Waals surface area contributed by atoms with E-state index in [2.05, 4.69) is 44.0 Å². The van der Waals surface area contributed by atoms with Gasteiger partial charge in [-0.2, -0.15) is 0 Å². The summed E-state index contributed by atoms with van der Waals surface area (Å²) in [5.41, 5.74) is 0.399. The average molecular weight is 311 g/mol. The SMILES string of the molecule is Cn1c2c(n(CC(C)(C)C)c1=O)=CC1CC1(C1C=CN=CC1)C=2. The second-order valence-electron chi connectivity index (χ2n) is 8.51. The van der Waals surface area contributed by atoms with E-state index in [0.717, 1.165) is 23.7 Å². The van der Waals surface area contributed by atoms with Crippen LogP contribution < -0.4 is 16.4 Å². The van der Waals surface area contributed by atoms with Crippen molar-refractivity contribution in [2.24, 2.45) is 34.7 Å². The Morgan fingerprint density at radius 1 is 1.30 bits per heavy atom. The Morgan fingerprint density at radius 3 is 2.74 bits per heavy atom. The van der Waals surface area contributed by atoms with Crippen LogP contribution in [0.1, 0.15) is 33.6 Å². The lowest BCUT2D eigenvalue weighted by molar-refractivity contribution is 0.333. The first kappa shape index (κ1) is 14.7. The quantitative estimate of drug-likeness (QED) is 0.814. The summed E-state index contributed by atoms with van der Waals surface area (Å²) in [4.78, 5) is 16.9. The molecule has 0 aromatic carbocycles. The van der Waals surface area contributed by atoms with Gasteiger partial charge in [-0.05, 0) is 30.1 Å². The largest absolute Gasteiger partial charge is 0.328 e. The lowest BCUT2D eigenvalue weighted by atomic mass is 9.82. The van der Waals surface area contributed by atoms with Crippen molar-refractivity contribution in [3.05, 3.63) is 33.5 Å². The summed E-state index contributed by atoms with van der Waals surface area (Å²) in [5.74, 6) is 1.07. The monoisotopic (exact) mass is 311 g/mol. The number of imidazole rings is 1. The first-order valence-electron chi connectivity index (χ1n) is 8.50. The molecule has 0 bridgehead atoms. The minimum absolute atomic E-state index is 0.0907. The third-order valence-corrected chi connectivity index (χ3v) is 5.49. The molecule has 4 rings (SSSR count). The van der Waals surface area contributed by atoms with Gasteiger partial charge in [0.25, 0.3) is 0 Å². The van der Waals surface area contributed by atoms with Crippen molar-refractivity contribution in [2.45, 2.75) is 40.2 Å². The molecule has 2 heterocycles. The Kier molecular flexibility index (Phi) is 2.94. The van der Waals surface area contributed by atoms with Crippen LogP contribution in [0.3, 0.4) is 0 Å². The molecule has 1 saturated carbocycles. The molecule has 0 amide bonds. The van der Waals surface area contributed by atoms with Crippen LogP contribution in [0.4, 0.5) is 0 Å². The van der Waals surface area contributed by atoms with Gasteiger partial charge in [0.15, 0.2) is 0 Å². The van der Waals surface area contributed by atoms with E-state index in [4.69, 9.17) is 0 Å². The van der Waals surface area contributed by atoms with E-state index in [1.807, 2.05) is 28.6 Å². The van der Waals surface area contributed by atoms with Crippen molar-refractivity contribution < 1.29 is 0 Å². The minimum atomic E-state index is 0.0907. The summed E-state index contributed by atoms with van der Waals surface area (Å²) >= 11 is 0. The summed E-state index contributed by atoms with van der Waals surface area (Å²) in [7, 11) is 1.90. The summed E-state index contributed by atoms with van der Waals surface area (Å²) < 4.78 is 3.79. The molecule has 1 fully saturated rings. The van der Waals surface area contributed by atoms with Crippen LogP contribution in [0.15, 0.2) is 22.1 Å². The van der Waals surface area contributed by atoms with Crippen LogP contribution in [0.2, 0.25) is 0 Å². The molecule has 4 nitrogen and oxygen atoms in total. The molecule has 3 atom stereocenters. The van der Waals surface area contributed by atoms with Crippen LogP contribution in [-0.2, 0) is 13.6 Å². The van der Waals surface area contributed by atoms with Gasteiger partial charge < -0.3 is 0 Å². The number of hydrogen-bond acceptors (Lipinski definition) is 2. The van der Waals surface area contributed by atoms with Crippen LogP contribution in [0, 0.1) is 22.7 Å². The standard InChI is InChI=1S/C19H25N3O/c1-18(2,3)12-22-15-9-14-10-19(14,13-5-7-20-8-6-13)11-16(15)21(4)17(22)23/h5,7-9,11,13-14H,6,10,12H2,1-4H3. The van der Waals surface area contributed by atoms with Gasteiger partial charge in [-0.25, -0.2) is 4.79 Å². The third kappa shape index (κ3) is 2.19. The van der Waals surface area contributed by atoms with E-state index in [9.17, 15) is 4.79 Å². The second-order valence-corrected chi connectivity index (χ2v) is 8.51. The second kappa shape index (κ2) is 4.59. The molecule has 2 aliphatic carbocycles. The fourth-order valence-electron chi connectivity index (χ4n) is 4.22. The molecule has 0 N–H and O–H groups in total. The van der Waals surface area contributed by atoms with Gasteiger partial charge in [0.2, 0.25) is 0 Å². The van der Waals surface area contributed by atoms with Crippen molar-refractivity contribution in [2.75, 3.05) is 0 Å². The predicted molar refractivity (Wildman–Crippen MR) is 93.6 cm³/mol. The van der Waals surface area contributed by atoms with Crippen molar-refractivity contribution in [3.63, 3.8) is 0 Å². The fraction of sp³-hybridized carbons (Fsp3) is 0.579. The molecular formula is C19H25N3O. The summed E-state index contributed by atoms with van der Waals surface area (Å²) in [5, 5.41) is 2.22.